The Hall–Kier alpha value is -6.30. The molecule has 9 rings (SSSR count). The average molecular weight is 550 g/mol. The molecule has 43 heavy (non-hydrogen) atoms. The van der Waals surface area contributed by atoms with Crippen LogP contribution in [0.5, 0.6) is 0 Å². The summed E-state index contributed by atoms with van der Waals surface area (Å²) in [5.74, 6) is 0. The average Bonchev–Trinajstić information content (AvgIpc) is 3.73. The fourth-order valence-electron chi connectivity index (χ4n) is 6.66. The van der Waals surface area contributed by atoms with Crippen molar-refractivity contribution in [1.29, 1.82) is 10.5 Å². The van der Waals surface area contributed by atoms with Gasteiger partial charge >= 0.3 is 0 Å². The number of nitriles is 2. The molecular weight excluding hydrogens is 530 g/mol. The van der Waals surface area contributed by atoms with Crippen LogP contribution in [0.3, 0.4) is 0 Å². The van der Waals surface area contributed by atoms with E-state index in [-0.39, 0.29) is 0 Å². The van der Waals surface area contributed by atoms with Crippen molar-refractivity contribution in [3.63, 3.8) is 0 Å². The molecule has 9 aromatic rings. The molecule has 0 aliphatic carbocycles. The molecule has 0 saturated heterocycles. The zero-order valence-electron chi connectivity index (χ0n) is 22.6. The molecule has 0 unspecified atom stereocenters. The van der Waals surface area contributed by atoms with Gasteiger partial charge in [-0.25, -0.2) is 0 Å². The van der Waals surface area contributed by atoms with Crippen LogP contribution in [0.15, 0.2) is 124 Å². The molecule has 0 saturated carbocycles. The molecule has 0 spiro atoms. The summed E-state index contributed by atoms with van der Waals surface area (Å²) in [4.78, 5) is 0. The molecule has 5 heteroatoms. The van der Waals surface area contributed by atoms with Crippen molar-refractivity contribution >= 4 is 65.7 Å². The maximum Gasteiger partial charge on any atom is 0.153 e. The molecule has 3 aromatic heterocycles. The highest BCUT2D eigenvalue weighted by atomic mass is 16.3. The Balaban J connectivity index is 1.40. The summed E-state index contributed by atoms with van der Waals surface area (Å²) in [5.41, 5.74) is 8.70. The lowest BCUT2D eigenvalue weighted by Crippen LogP contribution is -1.99. The third-order valence-electron chi connectivity index (χ3n) is 8.49. The summed E-state index contributed by atoms with van der Waals surface area (Å²) in [6.07, 6.45) is 0. The molecule has 5 nitrogen and oxygen atoms in total. The van der Waals surface area contributed by atoms with Crippen molar-refractivity contribution in [3.8, 4) is 29.0 Å². The summed E-state index contributed by atoms with van der Waals surface area (Å²) >= 11 is 0. The largest absolute Gasteiger partial charge is 0.456 e. The molecule has 0 aliphatic rings. The molecule has 0 bridgehead atoms. The maximum atomic E-state index is 10.3. The number of furan rings is 2. The molecule has 6 aromatic carbocycles. The highest BCUT2D eigenvalue weighted by Gasteiger charge is 2.22. The van der Waals surface area contributed by atoms with Crippen LogP contribution in [0.2, 0.25) is 0 Å². The first kappa shape index (κ1) is 23.4. The van der Waals surface area contributed by atoms with Gasteiger partial charge in [0, 0.05) is 32.5 Å². The van der Waals surface area contributed by atoms with Crippen LogP contribution in [0, 0.1) is 22.7 Å². The highest BCUT2D eigenvalue weighted by molar-refractivity contribution is 6.24. The SMILES string of the molecule is N#Cc1cccc(-n2c3ccccc3c3c4oc5c(C#N)cccc5c4ccc32)c1-c1ccc2oc3ccccc3c2c1. The number of hydrogen-bond donors (Lipinski definition) is 0. The Morgan fingerprint density at radius 1 is 0.512 bits per heavy atom. The van der Waals surface area contributed by atoms with Gasteiger partial charge in [0.25, 0.3) is 0 Å². The van der Waals surface area contributed by atoms with Crippen LogP contribution in [-0.4, -0.2) is 4.57 Å². The lowest BCUT2D eigenvalue weighted by Gasteiger charge is -2.15. The minimum absolute atomic E-state index is 0.511. The van der Waals surface area contributed by atoms with Gasteiger partial charge in [-0.3, -0.25) is 0 Å². The van der Waals surface area contributed by atoms with Gasteiger partial charge in [-0.2, -0.15) is 10.5 Å². The molecule has 3 heterocycles. The lowest BCUT2D eigenvalue weighted by atomic mass is 9.96. The summed E-state index contributed by atoms with van der Waals surface area (Å²) in [7, 11) is 0. The fourth-order valence-corrected chi connectivity index (χ4v) is 6.66. The third kappa shape index (κ3) is 3.14. The molecule has 0 aliphatic heterocycles. The van der Waals surface area contributed by atoms with Crippen LogP contribution in [0.25, 0.3) is 82.5 Å². The van der Waals surface area contributed by atoms with Crippen LogP contribution in [0.1, 0.15) is 11.1 Å². The van der Waals surface area contributed by atoms with Gasteiger partial charge in [-0.1, -0.05) is 60.7 Å². The van der Waals surface area contributed by atoms with Gasteiger partial charge in [0.15, 0.2) is 5.58 Å². The highest BCUT2D eigenvalue weighted by Crippen LogP contribution is 2.43. The molecule has 0 fully saturated rings. The van der Waals surface area contributed by atoms with Gasteiger partial charge in [-0.15, -0.1) is 0 Å². The smallest absolute Gasteiger partial charge is 0.153 e. The Bertz CT molecular complexity index is 2710. The van der Waals surface area contributed by atoms with Gasteiger partial charge < -0.3 is 13.4 Å². The molecular formula is C38H19N3O2. The van der Waals surface area contributed by atoms with Gasteiger partial charge in [0.1, 0.15) is 22.8 Å². The Labute approximate surface area is 244 Å². The third-order valence-corrected chi connectivity index (χ3v) is 8.49. The van der Waals surface area contributed by atoms with Crippen molar-refractivity contribution in [3.05, 3.63) is 126 Å². The lowest BCUT2D eigenvalue weighted by molar-refractivity contribution is 0.669. The van der Waals surface area contributed by atoms with Crippen molar-refractivity contribution in [2.24, 2.45) is 0 Å². The molecule has 0 atom stereocenters. The van der Waals surface area contributed by atoms with E-state index in [1.54, 1.807) is 6.07 Å². The van der Waals surface area contributed by atoms with E-state index in [4.69, 9.17) is 8.83 Å². The van der Waals surface area contributed by atoms with Crippen molar-refractivity contribution in [1.82, 2.24) is 4.57 Å². The first-order valence-electron chi connectivity index (χ1n) is 14.0. The number of nitrogens with zero attached hydrogens (tertiary/aromatic N) is 3. The fraction of sp³-hybridized carbons (Fsp3) is 0. The van der Waals surface area contributed by atoms with E-state index in [9.17, 15) is 10.5 Å². The first-order valence-corrected chi connectivity index (χ1v) is 14.0. The predicted molar refractivity (Wildman–Crippen MR) is 170 cm³/mol. The quantitative estimate of drug-likeness (QED) is 0.215. The molecule has 0 amide bonds. The second kappa shape index (κ2) is 8.60. The van der Waals surface area contributed by atoms with E-state index in [2.05, 4.69) is 59.2 Å². The second-order valence-electron chi connectivity index (χ2n) is 10.7. The molecule has 0 N–H and O–H groups in total. The first-order chi connectivity index (χ1) is 21.2. The standard InChI is InChI=1S/C38H19N3O2/c39-20-23-7-6-13-31(35(23)22-15-18-34-29(19-22)25-9-2-4-14-33(25)42-34)41-30-12-3-1-10-28(30)36-32(41)17-16-27-26-11-5-8-24(21-40)37(26)43-38(27)36/h1-19H. The number of rotatable bonds is 2. The van der Waals surface area contributed by atoms with Crippen LogP contribution < -0.4 is 0 Å². The molecule has 0 radical (unpaired) electrons. The van der Waals surface area contributed by atoms with E-state index < -0.39 is 0 Å². The van der Waals surface area contributed by atoms with E-state index in [1.165, 1.54) is 0 Å². The van der Waals surface area contributed by atoms with Gasteiger partial charge in [-0.05, 0) is 60.2 Å². The Morgan fingerprint density at radius 2 is 1.23 bits per heavy atom. The van der Waals surface area contributed by atoms with Crippen molar-refractivity contribution < 1.29 is 8.83 Å². The van der Waals surface area contributed by atoms with E-state index in [1.807, 2.05) is 66.7 Å². The van der Waals surface area contributed by atoms with E-state index in [0.717, 1.165) is 76.9 Å². The van der Waals surface area contributed by atoms with Gasteiger partial charge in [0.05, 0.1) is 39.3 Å². The Morgan fingerprint density at radius 3 is 2.12 bits per heavy atom. The normalized spacial score (nSPS) is 11.7. The zero-order chi connectivity index (χ0) is 28.7. The monoisotopic (exact) mass is 549 g/mol. The number of para-hydroxylation sites is 3. The van der Waals surface area contributed by atoms with Crippen LogP contribution in [0.4, 0.5) is 0 Å². The number of hydrogen-bond acceptors (Lipinski definition) is 4. The summed E-state index contributed by atoms with van der Waals surface area (Å²) in [5, 5.41) is 26.0. The van der Waals surface area contributed by atoms with Crippen molar-refractivity contribution in [2.45, 2.75) is 0 Å². The van der Waals surface area contributed by atoms with E-state index in [0.29, 0.717) is 16.7 Å². The number of benzene rings is 6. The minimum atomic E-state index is 0.511. The van der Waals surface area contributed by atoms with Crippen LogP contribution in [-0.2, 0) is 0 Å². The second-order valence-corrected chi connectivity index (χ2v) is 10.7. The number of fused-ring (bicyclic) bond motifs is 10. The van der Waals surface area contributed by atoms with Crippen molar-refractivity contribution in [2.75, 3.05) is 0 Å². The minimum Gasteiger partial charge on any atom is -0.456 e. The van der Waals surface area contributed by atoms with Crippen LogP contribution >= 0.6 is 0 Å². The molecule has 198 valence electrons. The predicted octanol–water partition coefficient (Wildman–Crippen LogP) is 9.99. The van der Waals surface area contributed by atoms with E-state index >= 15 is 0 Å². The summed E-state index contributed by atoms with van der Waals surface area (Å²) in [6, 6.07) is 42.8. The Kier molecular flexibility index (Phi) is 4.68. The summed E-state index contributed by atoms with van der Waals surface area (Å²) < 4.78 is 14.8. The summed E-state index contributed by atoms with van der Waals surface area (Å²) in [6.45, 7) is 0. The van der Waals surface area contributed by atoms with Gasteiger partial charge in [0.2, 0.25) is 0 Å². The number of aromatic nitrogens is 1. The maximum absolute atomic E-state index is 10.3. The zero-order valence-corrected chi connectivity index (χ0v) is 22.6. The topological polar surface area (TPSA) is 78.8 Å².